The van der Waals surface area contributed by atoms with Crippen molar-refractivity contribution in [2.24, 2.45) is 0 Å². The predicted molar refractivity (Wildman–Crippen MR) is 67.5 cm³/mol. The van der Waals surface area contributed by atoms with Crippen LogP contribution >= 0.6 is 0 Å². The van der Waals surface area contributed by atoms with E-state index in [0.717, 1.165) is 0 Å². The smallest absolute Gasteiger partial charge is 0.548 e. The van der Waals surface area contributed by atoms with Gasteiger partial charge in [-0.2, -0.15) is 0 Å². The molecule has 0 aliphatic carbocycles. The van der Waals surface area contributed by atoms with Crippen LogP contribution in [0.25, 0.3) is 0 Å². The average molecular weight is 392 g/mol. The Morgan fingerprint density at radius 2 is 0.957 bits per heavy atom. The van der Waals surface area contributed by atoms with Gasteiger partial charge in [-0.1, -0.05) is 0 Å². The minimum atomic E-state index is -1.24. The standard InChI is InChI=1S/2C6H12O5.Zn/c2*7-1-2-10-3-4-11-5-6(8)9;/h2*7H,1-5H2,(H,8,9);/q;;+2/p-2. The molecule has 0 radical (unpaired) electrons. The summed E-state index contributed by atoms with van der Waals surface area (Å²) in [5.41, 5.74) is 0. The first-order valence-electron chi connectivity index (χ1n) is 6.47. The summed E-state index contributed by atoms with van der Waals surface area (Å²) in [7, 11) is 0. The molecule has 0 fully saturated rings. The Bertz CT molecular complexity index is 238. The van der Waals surface area contributed by atoms with Crippen LogP contribution in [0.3, 0.4) is 0 Å². The van der Waals surface area contributed by atoms with Crippen LogP contribution in [0.4, 0.5) is 0 Å². The van der Waals surface area contributed by atoms with E-state index in [9.17, 15) is 19.8 Å². The summed E-state index contributed by atoms with van der Waals surface area (Å²) in [6.45, 7) is 0.555. The van der Waals surface area contributed by atoms with Gasteiger partial charge in [0, 0.05) is 0 Å². The molecule has 2 N–H and O–H groups in total. The van der Waals surface area contributed by atoms with Gasteiger partial charge < -0.3 is 49.0 Å². The van der Waals surface area contributed by atoms with Crippen LogP contribution in [0.1, 0.15) is 0 Å². The first-order valence-corrected chi connectivity index (χ1v) is 6.47. The number of carboxylic acids is 2. The van der Waals surface area contributed by atoms with Crippen molar-refractivity contribution in [3.05, 3.63) is 0 Å². The minimum absolute atomic E-state index is 0. The number of aliphatic hydroxyl groups excluding tert-OH is 2. The van der Waals surface area contributed by atoms with Crippen molar-refractivity contribution in [3.63, 3.8) is 0 Å². The first-order chi connectivity index (χ1) is 10.5. The summed E-state index contributed by atoms with van der Waals surface area (Å²) in [6, 6.07) is 0. The average Bonchev–Trinajstić information content (AvgIpc) is 2.46. The zero-order valence-electron chi connectivity index (χ0n) is 12.9. The maximum atomic E-state index is 9.77. The first kappa shape index (κ1) is 27.2. The van der Waals surface area contributed by atoms with E-state index in [1.165, 1.54) is 0 Å². The molecule has 0 amide bonds. The van der Waals surface area contributed by atoms with Crippen molar-refractivity contribution in [2.75, 3.05) is 66.1 Å². The van der Waals surface area contributed by atoms with E-state index in [1.54, 1.807) is 0 Å². The van der Waals surface area contributed by atoms with E-state index in [1.807, 2.05) is 0 Å². The van der Waals surface area contributed by atoms with E-state index in [2.05, 4.69) is 9.47 Å². The number of carbonyl (C=O) groups is 2. The summed E-state index contributed by atoms with van der Waals surface area (Å²) < 4.78 is 18.7. The molecular weight excluding hydrogens is 370 g/mol. The molecule has 23 heavy (non-hydrogen) atoms. The summed E-state index contributed by atoms with van der Waals surface area (Å²) in [4.78, 5) is 19.5. The van der Waals surface area contributed by atoms with Gasteiger partial charge in [-0.15, -0.1) is 0 Å². The van der Waals surface area contributed by atoms with Crippen LogP contribution in [0.5, 0.6) is 0 Å². The number of carbonyl (C=O) groups excluding carboxylic acids is 2. The fourth-order valence-corrected chi connectivity index (χ4v) is 0.880. The number of hydrogen-bond donors (Lipinski definition) is 2. The summed E-state index contributed by atoms with van der Waals surface area (Å²) >= 11 is 0. The number of ether oxygens (including phenoxy) is 4. The molecule has 10 nitrogen and oxygen atoms in total. The number of carboxylic acid groups (broad SMARTS) is 2. The normalized spacial score (nSPS) is 9.48. The molecule has 0 bridgehead atoms. The second kappa shape index (κ2) is 23.6. The van der Waals surface area contributed by atoms with Crippen LogP contribution in [0, 0.1) is 0 Å². The summed E-state index contributed by atoms with van der Waals surface area (Å²) in [5, 5.41) is 36.0. The van der Waals surface area contributed by atoms with Gasteiger partial charge in [-0.05, 0) is 0 Å². The van der Waals surface area contributed by atoms with E-state index in [0.29, 0.717) is 0 Å². The van der Waals surface area contributed by atoms with Crippen molar-refractivity contribution < 1.29 is 68.4 Å². The van der Waals surface area contributed by atoms with Gasteiger partial charge in [0.15, 0.2) is 0 Å². The van der Waals surface area contributed by atoms with Gasteiger partial charge in [-0.25, -0.2) is 0 Å². The van der Waals surface area contributed by atoms with Gasteiger partial charge in [0.1, 0.15) is 0 Å². The van der Waals surface area contributed by atoms with E-state index in [4.69, 9.17) is 19.7 Å². The topological polar surface area (TPSA) is 158 Å². The number of aliphatic carboxylic acids is 2. The maximum absolute atomic E-state index is 9.77. The van der Waals surface area contributed by atoms with Gasteiger partial charge in [-0.3, -0.25) is 0 Å². The third-order valence-electron chi connectivity index (χ3n) is 1.66. The molecule has 0 saturated heterocycles. The molecule has 0 atom stereocenters. The van der Waals surface area contributed by atoms with E-state index < -0.39 is 25.2 Å². The molecule has 0 spiro atoms. The Labute approximate surface area is 147 Å². The number of hydrogen-bond acceptors (Lipinski definition) is 10. The van der Waals surface area contributed by atoms with E-state index in [-0.39, 0.29) is 72.3 Å². The van der Waals surface area contributed by atoms with Crippen molar-refractivity contribution in [1.29, 1.82) is 0 Å². The van der Waals surface area contributed by atoms with Gasteiger partial charge in [0.05, 0.1) is 78.0 Å². The zero-order valence-corrected chi connectivity index (χ0v) is 15.9. The Morgan fingerprint density at radius 3 is 1.22 bits per heavy atom. The fraction of sp³-hybridized carbons (Fsp3) is 0.833. The minimum Gasteiger partial charge on any atom is -0.548 e. The van der Waals surface area contributed by atoms with Gasteiger partial charge in [0.25, 0.3) is 0 Å². The van der Waals surface area contributed by atoms with Crippen LogP contribution in [-0.4, -0.2) is 88.2 Å². The van der Waals surface area contributed by atoms with Crippen LogP contribution in [0.15, 0.2) is 0 Å². The Balaban J connectivity index is -0.000000333. The molecule has 0 aromatic rings. The summed E-state index contributed by atoms with van der Waals surface area (Å²) in [5.74, 6) is -2.49. The van der Waals surface area contributed by atoms with Gasteiger partial charge >= 0.3 is 19.5 Å². The van der Waals surface area contributed by atoms with Crippen LogP contribution in [-0.2, 0) is 48.0 Å². The fourth-order valence-electron chi connectivity index (χ4n) is 0.880. The maximum Gasteiger partial charge on any atom is 2.00 e. The molecule has 11 heteroatoms. The number of aliphatic hydroxyl groups is 2. The second-order valence-corrected chi connectivity index (χ2v) is 3.52. The third kappa shape index (κ3) is 33.9. The third-order valence-corrected chi connectivity index (χ3v) is 1.66. The molecule has 132 valence electrons. The zero-order chi connectivity index (χ0) is 17.1. The van der Waals surface area contributed by atoms with Crippen molar-refractivity contribution in [1.82, 2.24) is 0 Å². The Kier molecular flexibility index (Phi) is 27.9. The SMILES string of the molecule is O=C([O-])COCCOCCO.O=C([O-])COCCOCCO.[Zn+2]. The predicted octanol–water partition coefficient (Wildman–Crippen LogP) is -4.48. The molecular formula is C12H22O10Zn. The molecule has 0 aliphatic heterocycles. The van der Waals surface area contributed by atoms with E-state index >= 15 is 0 Å². The number of rotatable bonds is 14. The molecule has 0 heterocycles. The van der Waals surface area contributed by atoms with Crippen molar-refractivity contribution in [2.45, 2.75) is 0 Å². The molecule has 0 aromatic carbocycles. The second-order valence-electron chi connectivity index (χ2n) is 3.52. The van der Waals surface area contributed by atoms with Crippen LogP contribution in [0.2, 0.25) is 0 Å². The molecule has 0 rings (SSSR count). The van der Waals surface area contributed by atoms with Crippen molar-refractivity contribution >= 4 is 11.9 Å². The largest absolute Gasteiger partial charge is 2.00 e. The molecule has 0 aromatic heterocycles. The van der Waals surface area contributed by atoms with Gasteiger partial charge in [0.2, 0.25) is 0 Å². The molecule has 0 aliphatic rings. The van der Waals surface area contributed by atoms with Crippen LogP contribution < -0.4 is 10.2 Å². The monoisotopic (exact) mass is 390 g/mol. The Hall–Kier alpha value is -0.677. The molecule has 0 unspecified atom stereocenters. The van der Waals surface area contributed by atoms with Crippen molar-refractivity contribution in [3.8, 4) is 0 Å². The quantitative estimate of drug-likeness (QED) is 0.218. The molecule has 0 saturated carbocycles. The Morgan fingerprint density at radius 1 is 0.652 bits per heavy atom. The summed E-state index contributed by atoms with van der Waals surface area (Å²) in [6.07, 6.45) is 0.